The molecule has 106 valence electrons. The van der Waals surface area contributed by atoms with Crippen LogP contribution in [-0.4, -0.2) is 16.5 Å². The van der Waals surface area contributed by atoms with Crippen molar-refractivity contribution in [3.8, 4) is 0 Å². The number of aryl methyl sites for hydroxylation is 1. The second kappa shape index (κ2) is 6.05. The lowest BCUT2D eigenvalue weighted by molar-refractivity contribution is -0.383. The number of rotatable bonds is 5. The molecule has 0 aliphatic heterocycles. The number of nitro benzene ring substituents is 1. The summed E-state index contributed by atoms with van der Waals surface area (Å²) >= 11 is 6.14. The van der Waals surface area contributed by atoms with Crippen LogP contribution in [-0.2, 0) is 6.42 Å². The van der Waals surface area contributed by atoms with Gasteiger partial charge < -0.3 is 5.32 Å². The molecule has 1 heterocycles. The van der Waals surface area contributed by atoms with E-state index in [-0.39, 0.29) is 5.69 Å². The Labute approximate surface area is 122 Å². The van der Waals surface area contributed by atoms with E-state index in [1.165, 1.54) is 6.07 Å². The van der Waals surface area contributed by atoms with Crippen molar-refractivity contribution >= 4 is 34.0 Å². The van der Waals surface area contributed by atoms with E-state index in [4.69, 9.17) is 11.6 Å². The molecule has 5 nitrogen and oxygen atoms in total. The lowest BCUT2D eigenvalue weighted by atomic mass is 10.1. The van der Waals surface area contributed by atoms with Gasteiger partial charge >= 0.3 is 0 Å². The van der Waals surface area contributed by atoms with E-state index in [1.54, 1.807) is 6.07 Å². The Hall–Kier alpha value is -1.88. The highest BCUT2D eigenvalue weighted by Crippen LogP contribution is 2.32. The number of halogens is 1. The predicted molar refractivity (Wildman–Crippen MR) is 81.6 cm³/mol. The Morgan fingerprint density at radius 3 is 2.75 bits per heavy atom. The first-order chi connectivity index (χ1) is 9.58. The molecule has 0 saturated heterocycles. The van der Waals surface area contributed by atoms with Crippen molar-refractivity contribution in [2.45, 2.75) is 26.7 Å². The molecule has 0 unspecified atom stereocenters. The summed E-state index contributed by atoms with van der Waals surface area (Å²) in [5.74, 6) is 0.701. The molecule has 0 radical (unpaired) electrons. The molecule has 0 aliphatic carbocycles. The molecule has 1 aromatic heterocycles. The zero-order chi connectivity index (χ0) is 14.7. The minimum Gasteiger partial charge on any atom is -0.370 e. The summed E-state index contributed by atoms with van der Waals surface area (Å²) in [7, 11) is 0. The van der Waals surface area contributed by atoms with Crippen molar-refractivity contribution in [1.82, 2.24) is 4.98 Å². The lowest BCUT2D eigenvalue weighted by Gasteiger charge is -2.11. The summed E-state index contributed by atoms with van der Waals surface area (Å²) in [4.78, 5) is 15.1. The first kappa shape index (κ1) is 14.5. The molecule has 0 spiro atoms. The van der Waals surface area contributed by atoms with Gasteiger partial charge in [0, 0.05) is 18.0 Å². The smallest absolute Gasteiger partial charge is 0.295 e. The highest BCUT2D eigenvalue weighted by atomic mass is 35.5. The van der Waals surface area contributed by atoms with E-state index in [9.17, 15) is 10.1 Å². The van der Waals surface area contributed by atoms with E-state index >= 15 is 0 Å². The molecule has 0 amide bonds. The highest BCUT2D eigenvalue weighted by Gasteiger charge is 2.17. The summed E-state index contributed by atoms with van der Waals surface area (Å²) in [5, 5.41) is 15.4. The number of fused-ring (bicyclic) bond motifs is 1. The van der Waals surface area contributed by atoms with Crippen LogP contribution in [0.2, 0.25) is 5.02 Å². The van der Waals surface area contributed by atoms with Crippen LogP contribution >= 0.6 is 11.6 Å². The number of aromatic nitrogens is 1. The molecule has 1 N–H and O–H groups in total. The Bertz CT molecular complexity index is 658. The van der Waals surface area contributed by atoms with Crippen LogP contribution in [0.25, 0.3) is 10.9 Å². The van der Waals surface area contributed by atoms with Crippen molar-refractivity contribution in [2.75, 3.05) is 11.9 Å². The van der Waals surface area contributed by atoms with Gasteiger partial charge in [-0.3, -0.25) is 10.1 Å². The van der Waals surface area contributed by atoms with Gasteiger partial charge in [-0.15, -0.1) is 0 Å². The molecular weight excluding hydrogens is 278 g/mol. The fourth-order valence-electron chi connectivity index (χ4n) is 2.07. The molecule has 0 atom stereocenters. The third-order valence-corrected chi connectivity index (χ3v) is 3.44. The molecule has 1 aromatic carbocycles. The maximum Gasteiger partial charge on any atom is 0.295 e. The average Bonchev–Trinajstić information content (AvgIpc) is 2.44. The van der Waals surface area contributed by atoms with Gasteiger partial charge in [-0.05, 0) is 30.5 Å². The lowest BCUT2D eigenvalue weighted by Crippen LogP contribution is -2.06. The third kappa shape index (κ3) is 2.67. The number of nitrogens with one attached hydrogen (secondary N) is 1. The van der Waals surface area contributed by atoms with Crippen LogP contribution in [0.4, 0.5) is 11.5 Å². The van der Waals surface area contributed by atoms with Crippen LogP contribution in [0.1, 0.15) is 25.8 Å². The number of hydrogen-bond donors (Lipinski definition) is 1. The summed E-state index contributed by atoms with van der Waals surface area (Å²) in [6.07, 6.45) is 1.74. The van der Waals surface area contributed by atoms with Crippen LogP contribution in [0.15, 0.2) is 18.2 Å². The van der Waals surface area contributed by atoms with Crippen molar-refractivity contribution in [2.24, 2.45) is 0 Å². The number of benzene rings is 1. The van der Waals surface area contributed by atoms with Crippen molar-refractivity contribution in [3.05, 3.63) is 38.9 Å². The van der Waals surface area contributed by atoms with E-state index in [1.807, 2.05) is 13.0 Å². The maximum absolute atomic E-state index is 11.1. The number of nitro groups is 1. The fourth-order valence-corrected chi connectivity index (χ4v) is 2.27. The number of pyridine rings is 1. The number of non-ortho nitro benzene ring substituents is 1. The molecule has 20 heavy (non-hydrogen) atoms. The van der Waals surface area contributed by atoms with E-state index in [0.717, 1.165) is 24.9 Å². The highest BCUT2D eigenvalue weighted by molar-refractivity contribution is 6.35. The van der Waals surface area contributed by atoms with E-state index < -0.39 is 4.92 Å². The van der Waals surface area contributed by atoms with E-state index in [2.05, 4.69) is 17.2 Å². The second-order valence-corrected chi connectivity index (χ2v) is 4.90. The molecule has 0 bridgehead atoms. The van der Waals surface area contributed by atoms with Crippen LogP contribution < -0.4 is 5.32 Å². The van der Waals surface area contributed by atoms with Gasteiger partial charge in [0.2, 0.25) is 0 Å². The monoisotopic (exact) mass is 293 g/mol. The van der Waals surface area contributed by atoms with Crippen molar-refractivity contribution in [3.63, 3.8) is 0 Å². The van der Waals surface area contributed by atoms with Gasteiger partial charge in [0.1, 0.15) is 5.82 Å². The minimum atomic E-state index is -0.430. The molecule has 0 fully saturated rings. The Morgan fingerprint density at radius 1 is 1.40 bits per heavy atom. The van der Waals surface area contributed by atoms with E-state index in [0.29, 0.717) is 21.7 Å². The van der Waals surface area contributed by atoms with Crippen LogP contribution in [0, 0.1) is 10.1 Å². The van der Waals surface area contributed by atoms with Crippen LogP contribution in [0.3, 0.4) is 0 Å². The molecule has 0 saturated carbocycles. The largest absolute Gasteiger partial charge is 0.370 e. The SMILES string of the molecule is CCCNc1nc2c([N+](=O)[O-])ccc(Cl)c2cc1CC. The topological polar surface area (TPSA) is 68.1 Å². The average molecular weight is 294 g/mol. The molecular formula is C14H16ClN3O2. The Kier molecular flexibility index (Phi) is 4.39. The summed E-state index contributed by atoms with van der Waals surface area (Å²) in [5.41, 5.74) is 1.32. The van der Waals surface area contributed by atoms with Gasteiger partial charge in [-0.25, -0.2) is 4.98 Å². The van der Waals surface area contributed by atoms with Gasteiger partial charge in [0.05, 0.1) is 9.95 Å². The molecule has 0 aliphatic rings. The summed E-state index contributed by atoms with van der Waals surface area (Å²) < 4.78 is 0. The number of nitrogens with zero attached hydrogens (tertiary/aromatic N) is 2. The van der Waals surface area contributed by atoms with Gasteiger partial charge in [-0.2, -0.15) is 0 Å². The summed E-state index contributed by atoms with van der Waals surface area (Å²) in [6, 6.07) is 4.82. The third-order valence-electron chi connectivity index (χ3n) is 3.11. The van der Waals surface area contributed by atoms with Gasteiger partial charge in [0.15, 0.2) is 5.52 Å². The predicted octanol–water partition coefficient (Wildman–Crippen LogP) is 4.18. The van der Waals surface area contributed by atoms with Crippen molar-refractivity contribution < 1.29 is 4.92 Å². The fraction of sp³-hybridized carbons (Fsp3) is 0.357. The maximum atomic E-state index is 11.1. The number of hydrogen-bond acceptors (Lipinski definition) is 4. The molecule has 2 rings (SSSR count). The minimum absolute atomic E-state index is 0.0217. The quantitative estimate of drug-likeness (QED) is 0.663. The Morgan fingerprint density at radius 2 is 2.15 bits per heavy atom. The zero-order valence-corrected chi connectivity index (χ0v) is 12.2. The number of anilines is 1. The van der Waals surface area contributed by atoms with Gasteiger partial charge in [-0.1, -0.05) is 25.4 Å². The first-order valence-electron chi connectivity index (χ1n) is 6.58. The normalized spacial score (nSPS) is 10.8. The molecule has 6 heteroatoms. The van der Waals surface area contributed by atoms with Crippen LogP contribution in [0.5, 0.6) is 0 Å². The zero-order valence-electron chi connectivity index (χ0n) is 11.4. The standard InChI is InChI=1S/C14H16ClN3O2/c1-3-7-16-14-9(4-2)8-10-11(15)5-6-12(18(19)20)13(10)17-14/h5-6,8H,3-4,7H2,1-2H3,(H,16,17). The Balaban J connectivity index is 2.69. The molecule has 2 aromatic rings. The first-order valence-corrected chi connectivity index (χ1v) is 6.96. The van der Waals surface area contributed by atoms with Crippen molar-refractivity contribution in [1.29, 1.82) is 0 Å². The second-order valence-electron chi connectivity index (χ2n) is 4.50. The summed E-state index contributed by atoms with van der Waals surface area (Å²) in [6.45, 7) is 4.85. The van der Waals surface area contributed by atoms with Gasteiger partial charge in [0.25, 0.3) is 5.69 Å².